The van der Waals surface area contributed by atoms with E-state index in [0.717, 1.165) is 33.5 Å². The van der Waals surface area contributed by atoms with E-state index >= 15 is 0 Å². The van der Waals surface area contributed by atoms with E-state index in [1.54, 1.807) is 0 Å². The second kappa shape index (κ2) is 10.2. The maximum Gasteiger partial charge on any atom is 0.220 e. The molecular weight excluding hydrogens is 574 g/mol. The summed E-state index contributed by atoms with van der Waals surface area (Å²) in [5, 5.41) is 0. The number of fused-ring (bicyclic) bond motifs is 6. The van der Waals surface area contributed by atoms with E-state index in [0.29, 0.717) is 0 Å². The van der Waals surface area contributed by atoms with Crippen LogP contribution in [-0.2, 0) is 10.8 Å². The molecule has 0 spiro atoms. The number of para-hydroxylation sites is 3. The summed E-state index contributed by atoms with van der Waals surface area (Å²) in [5.74, 6) is 0.919. The lowest BCUT2D eigenvalue weighted by molar-refractivity contribution is 0.589. The van der Waals surface area contributed by atoms with Gasteiger partial charge < -0.3 is 9.80 Å². The number of aryl methyl sites for hydroxylation is 1. The molecule has 1 aliphatic rings. The number of rotatable bonds is 3. The highest BCUT2D eigenvalue weighted by molar-refractivity contribution is 6.00. The summed E-state index contributed by atoms with van der Waals surface area (Å²) in [6.07, 6.45) is 0.0480. The lowest BCUT2D eigenvalue weighted by Gasteiger charge is -2.33. The minimum Gasteiger partial charge on any atom is -0.318 e. The highest BCUT2D eigenvalue weighted by Crippen LogP contribution is 2.51. The Morgan fingerprint density at radius 2 is 1.19 bits per heavy atom. The molecule has 5 heteroatoms. The zero-order chi connectivity index (χ0) is 32.8. The largest absolute Gasteiger partial charge is 0.318 e. The Kier molecular flexibility index (Phi) is 6.40. The first-order valence-corrected chi connectivity index (χ1v) is 16.7. The van der Waals surface area contributed by atoms with Gasteiger partial charge in [0, 0.05) is 17.1 Å². The summed E-state index contributed by atoms with van der Waals surface area (Å²) >= 11 is 0. The predicted octanol–water partition coefficient (Wildman–Crippen LogP) is 11.0. The van der Waals surface area contributed by atoms with Crippen molar-refractivity contribution in [2.75, 3.05) is 9.80 Å². The molecule has 0 fully saturated rings. The molecule has 2 aromatic heterocycles. The van der Waals surface area contributed by atoms with E-state index in [1.165, 1.54) is 39.4 Å². The first-order valence-electron chi connectivity index (χ1n) is 16.7. The lowest BCUT2D eigenvalue weighted by Crippen LogP contribution is -2.36. The van der Waals surface area contributed by atoms with Crippen molar-refractivity contribution in [1.82, 2.24) is 14.0 Å². The number of hydrogen-bond acceptors (Lipinski definition) is 3. The predicted molar refractivity (Wildman–Crippen MR) is 198 cm³/mol. The van der Waals surface area contributed by atoms with Crippen LogP contribution in [0.4, 0.5) is 22.7 Å². The molecule has 0 bridgehead atoms. The van der Waals surface area contributed by atoms with Gasteiger partial charge in [-0.1, -0.05) is 96.1 Å². The zero-order valence-corrected chi connectivity index (χ0v) is 28.7. The van der Waals surface area contributed by atoms with Crippen molar-refractivity contribution < 1.29 is 0 Å². The van der Waals surface area contributed by atoms with Crippen LogP contribution in [0.25, 0.3) is 33.5 Å². The standard InChI is InChI=1S/C42H43N5/c1-27-21-22-30(42(6,7)8)24-36(27)45-28(2)44(32-18-14-15-29(23-32)41(3,4)5)38-25-33-37(26-39(38)45)47-35-20-13-12-19-34(35)46(40(47)43-33)31-16-10-9-11-17-31/h9-26,28H,1-8H3/t28-/m0/s1. The molecule has 0 aliphatic carbocycles. The molecule has 0 unspecified atom stereocenters. The Labute approximate surface area is 277 Å². The van der Waals surface area contributed by atoms with E-state index in [1.807, 2.05) is 0 Å². The minimum absolute atomic E-state index is 0.0375. The molecule has 5 aromatic carbocycles. The van der Waals surface area contributed by atoms with Gasteiger partial charge in [-0.05, 0) is 96.0 Å². The summed E-state index contributed by atoms with van der Waals surface area (Å²) < 4.78 is 4.62. The van der Waals surface area contributed by atoms with Gasteiger partial charge in [0.15, 0.2) is 0 Å². The van der Waals surface area contributed by atoms with Crippen LogP contribution in [0.5, 0.6) is 0 Å². The van der Waals surface area contributed by atoms with Crippen LogP contribution in [0.15, 0.2) is 109 Å². The van der Waals surface area contributed by atoms with E-state index in [-0.39, 0.29) is 17.0 Å². The molecule has 1 atom stereocenters. The van der Waals surface area contributed by atoms with Crippen molar-refractivity contribution in [2.45, 2.75) is 72.4 Å². The fraction of sp³-hybridized carbons (Fsp3) is 0.262. The van der Waals surface area contributed by atoms with Crippen LogP contribution in [0.3, 0.4) is 0 Å². The molecule has 0 saturated heterocycles. The normalized spacial score (nSPS) is 15.4. The molecule has 0 saturated carbocycles. The highest BCUT2D eigenvalue weighted by atomic mass is 15.4. The van der Waals surface area contributed by atoms with Crippen molar-refractivity contribution in [1.29, 1.82) is 0 Å². The van der Waals surface area contributed by atoms with Crippen LogP contribution in [0.2, 0.25) is 0 Å². The van der Waals surface area contributed by atoms with E-state index < -0.39 is 0 Å². The monoisotopic (exact) mass is 617 g/mol. The summed E-state index contributed by atoms with van der Waals surface area (Å²) in [5.41, 5.74) is 14.3. The number of anilines is 4. The van der Waals surface area contributed by atoms with Gasteiger partial charge in [0.2, 0.25) is 5.78 Å². The van der Waals surface area contributed by atoms with Gasteiger partial charge in [0.1, 0.15) is 6.17 Å². The second-order valence-electron chi connectivity index (χ2n) is 15.2. The molecule has 8 rings (SSSR count). The van der Waals surface area contributed by atoms with Gasteiger partial charge in [-0.15, -0.1) is 0 Å². The summed E-state index contributed by atoms with van der Waals surface area (Å²) in [6, 6.07) is 39.9. The average molecular weight is 618 g/mol. The molecule has 0 radical (unpaired) electrons. The molecule has 3 heterocycles. The van der Waals surface area contributed by atoms with Crippen molar-refractivity contribution in [3.8, 4) is 5.69 Å². The molecule has 0 N–H and O–H groups in total. The maximum absolute atomic E-state index is 5.36. The fourth-order valence-electron chi connectivity index (χ4n) is 7.31. The molecule has 1 aliphatic heterocycles. The zero-order valence-electron chi connectivity index (χ0n) is 28.7. The molecular formula is C42H43N5. The Hall–Kier alpha value is -5.03. The minimum atomic E-state index is 0.0375. The van der Waals surface area contributed by atoms with Crippen LogP contribution >= 0.6 is 0 Å². The number of aromatic nitrogens is 3. The first kappa shape index (κ1) is 29.4. The number of hydrogen-bond donors (Lipinski definition) is 0. The fourth-order valence-corrected chi connectivity index (χ4v) is 7.31. The molecule has 47 heavy (non-hydrogen) atoms. The van der Waals surface area contributed by atoms with Crippen LogP contribution in [0, 0.1) is 6.92 Å². The Morgan fingerprint density at radius 1 is 0.553 bits per heavy atom. The molecule has 236 valence electrons. The highest BCUT2D eigenvalue weighted by Gasteiger charge is 2.37. The van der Waals surface area contributed by atoms with Gasteiger partial charge in [0.05, 0.1) is 33.4 Å². The van der Waals surface area contributed by atoms with E-state index in [9.17, 15) is 0 Å². The molecule has 0 amide bonds. The maximum atomic E-state index is 5.36. The van der Waals surface area contributed by atoms with Crippen molar-refractivity contribution in [3.63, 3.8) is 0 Å². The third-order valence-electron chi connectivity index (χ3n) is 9.90. The van der Waals surface area contributed by atoms with Gasteiger partial charge in [-0.2, -0.15) is 0 Å². The average Bonchev–Trinajstić information content (AvgIpc) is 3.65. The molecule has 5 nitrogen and oxygen atoms in total. The SMILES string of the molecule is Cc1ccc(C(C)(C)C)cc1N1c2cc3c(cc2N(c2cccc(C(C)(C)C)c2)[C@@H]1C)nc1n(-c2ccccc2)c2ccccc2n31. The van der Waals surface area contributed by atoms with Gasteiger partial charge in [-0.3, -0.25) is 8.97 Å². The van der Waals surface area contributed by atoms with Gasteiger partial charge in [0.25, 0.3) is 0 Å². The third-order valence-corrected chi connectivity index (χ3v) is 9.90. The smallest absolute Gasteiger partial charge is 0.220 e. The number of nitrogens with zero attached hydrogens (tertiary/aromatic N) is 5. The summed E-state index contributed by atoms with van der Waals surface area (Å²) in [4.78, 5) is 10.4. The van der Waals surface area contributed by atoms with Crippen LogP contribution < -0.4 is 9.80 Å². The molecule has 7 aromatic rings. The van der Waals surface area contributed by atoms with Crippen LogP contribution in [0.1, 0.15) is 65.2 Å². The third kappa shape index (κ3) is 4.55. The number of benzene rings is 5. The van der Waals surface area contributed by atoms with E-state index in [4.69, 9.17) is 4.98 Å². The lowest BCUT2D eigenvalue weighted by atomic mass is 9.86. The van der Waals surface area contributed by atoms with Crippen molar-refractivity contribution >= 4 is 50.6 Å². The Balaban J connectivity index is 1.43. The Morgan fingerprint density at radius 3 is 1.91 bits per heavy atom. The van der Waals surface area contributed by atoms with Crippen molar-refractivity contribution in [2.24, 2.45) is 0 Å². The van der Waals surface area contributed by atoms with Crippen LogP contribution in [-0.4, -0.2) is 20.1 Å². The quantitative estimate of drug-likeness (QED) is 0.197. The summed E-state index contributed by atoms with van der Waals surface area (Å²) in [6.45, 7) is 18.3. The van der Waals surface area contributed by atoms with Gasteiger partial charge in [-0.25, -0.2) is 4.98 Å². The first-order chi connectivity index (χ1) is 22.4. The van der Waals surface area contributed by atoms with Crippen molar-refractivity contribution in [3.05, 3.63) is 126 Å². The van der Waals surface area contributed by atoms with E-state index in [2.05, 4.69) is 183 Å². The second-order valence-corrected chi connectivity index (χ2v) is 15.2. The van der Waals surface area contributed by atoms with Gasteiger partial charge >= 0.3 is 0 Å². The summed E-state index contributed by atoms with van der Waals surface area (Å²) in [7, 11) is 0. The Bertz CT molecular complexity index is 2310. The number of imidazole rings is 2. The topological polar surface area (TPSA) is 28.7 Å².